The fraction of sp³-hybridized carbons (Fsp3) is 0.100. The highest BCUT2D eigenvalue weighted by Gasteiger charge is 2.07. The van der Waals surface area contributed by atoms with Crippen molar-refractivity contribution in [2.75, 3.05) is 0 Å². The minimum absolute atomic E-state index is 0.303. The van der Waals surface area contributed by atoms with Gasteiger partial charge in [0.1, 0.15) is 4.88 Å². The molecule has 0 amide bonds. The number of rotatable bonds is 4. The molecule has 0 unspecified atom stereocenters. The zero-order chi connectivity index (χ0) is 13.4. The molecule has 1 rings (SSSR count). The van der Waals surface area contributed by atoms with E-state index in [4.69, 9.17) is 15.3 Å². The van der Waals surface area contributed by atoms with Gasteiger partial charge in [-0.25, -0.2) is 9.59 Å². The lowest BCUT2D eigenvalue weighted by atomic mass is 10.2. The molecule has 0 bridgehead atoms. The van der Waals surface area contributed by atoms with Gasteiger partial charge in [-0.2, -0.15) is 0 Å². The lowest BCUT2D eigenvalue weighted by Crippen LogP contribution is -2.04. The highest BCUT2D eigenvalue weighted by molar-refractivity contribution is 7.11. The largest absolute Gasteiger partial charge is 0.481 e. The number of aromatic carboxylic acids is 1. The fourth-order valence-electron chi connectivity index (χ4n) is 0.658. The van der Waals surface area contributed by atoms with Crippen molar-refractivity contribution in [3.8, 4) is 0 Å². The van der Waals surface area contributed by atoms with Crippen molar-refractivity contribution in [1.82, 2.24) is 0 Å². The molecular formula is C10H10O6S. The van der Waals surface area contributed by atoms with Crippen LogP contribution in [0, 0.1) is 0 Å². The summed E-state index contributed by atoms with van der Waals surface area (Å²) in [4.78, 5) is 30.1. The van der Waals surface area contributed by atoms with Crippen molar-refractivity contribution < 1.29 is 29.7 Å². The van der Waals surface area contributed by atoms with Gasteiger partial charge in [-0.05, 0) is 11.4 Å². The van der Waals surface area contributed by atoms with Crippen molar-refractivity contribution in [2.24, 2.45) is 0 Å². The number of carboxylic acids is 3. The predicted molar refractivity (Wildman–Crippen MR) is 60.3 cm³/mol. The quantitative estimate of drug-likeness (QED) is 0.706. The average molecular weight is 258 g/mol. The molecule has 7 heteroatoms. The van der Waals surface area contributed by atoms with Gasteiger partial charge >= 0.3 is 17.9 Å². The third kappa shape index (κ3) is 6.85. The van der Waals surface area contributed by atoms with Crippen LogP contribution in [-0.2, 0) is 9.59 Å². The van der Waals surface area contributed by atoms with Gasteiger partial charge in [0, 0.05) is 5.57 Å². The number of hydrogen-bond acceptors (Lipinski definition) is 4. The van der Waals surface area contributed by atoms with E-state index in [2.05, 4.69) is 6.58 Å². The Morgan fingerprint density at radius 1 is 1.24 bits per heavy atom. The first kappa shape index (κ1) is 14.8. The molecule has 0 aliphatic carbocycles. The molecule has 3 N–H and O–H groups in total. The molecule has 1 heterocycles. The smallest absolute Gasteiger partial charge is 0.345 e. The van der Waals surface area contributed by atoms with Crippen LogP contribution in [0.25, 0.3) is 0 Å². The van der Waals surface area contributed by atoms with Gasteiger partial charge in [0.25, 0.3) is 0 Å². The Morgan fingerprint density at radius 3 is 2.00 bits per heavy atom. The Hall–Kier alpha value is -2.15. The van der Waals surface area contributed by atoms with E-state index in [1.54, 1.807) is 17.5 Å². The summed E-state index contributed by atoms with van der Waals surface area (Å²) in [6, 6.07) is 3.29. The lowest BCUT2D eigenvalue weighted by Gasteiger charge is -1.91. The molecule has 0 fully saturated rings. The number of carboxylic acid groups (broad SMARTS) is 3. The summed E-state index contributed by atoms with van der Waals surface area (Å²) in [5.74, 6) is -3.29. The highest BCUT2D eigenvalue weighted by Crippen LogP contribution is 2.06. The monoisotopic (exact) mass is 258 g/mol. The van der Waals surface area contributed by atoms with Crippen LogP contribution >= 0.6 is 11.3 Å². The van der Waals surface area contributed by atoms with Gasteiger partial charge < -0.3 is 15.3 Å². The van der Waals surface area contributed by atoms with Crippen LogP contribution in [0.4, 0.5) is 0 Å². The molecule has 0 aromatic carbocycles. The van der Waals surface area contributed by atoms with Gasteiger partial charge in [0.05, 0.1) is 6.42 Å². The van der Waals surface area contributed by atoms with Crippen molar-refractivity contribution in [3.05, 3.63) is 34.5 Å². The van der Waals surface area contributed by atoms with Gasteiger partial charge in [0.15, 0.2) is 0 Å². The zero-order valence-electron chi connectivity index (χ0n) is 8.62. The second-order valence-electron chi connectivity index (χ2n) is 2.76. The molecule has 0 radical (unpaired) electrons. The summed E-state index contributed by atoms with van der Waals surface area (Å²) in [6.45, 7) is 3.01. The Bertz CT molecular complexity index is 420. The van der Waals surface area contributed by atoms with E-state index in [9.17, 15) is 14.4 Å². The average Bonchev–Trinajstić information content (AvgIpc) is 2.69. The molecule has 0 aliphatic rings. The van der Waals surface area contributed by atoms with E-state index in [0.29, 0.717) is 4.88 Å². The van der Waals surface area contributed by atoms with E-state index in [1.165, 1.54) is 11.3 Å². The SMILES string of the molecule is C=C(CC(=O)O)C(=O)O.O=C(O)c1cccs1. The second kappa shape index (κ2) is 7.18. The topological polar surface area (TPSA) is 112 Å². The summed E-state index contributed by atoms with van der Waals surface area (Å²) in [5, 5.41) is 26.1. The van der Waals surface area contributed by atoms with Crippen LogP contribution in [0.1, 0.15) is 16.1 Å². The summed E-state index contributed by atoms with van der Waals surface area (Å²) in [7, 11) is 0. The van der Waals surface area contributed by atoms with Gasteiger partial charge in [-0.1, -0.05) is 12.6 Å². The minimum atomic E-state index is -1.27. The number of thiophene rings is 1. The van der Waals surface area contributed by atoms with E-state index in [-0.39, 0.29) is 5.57 Å². The molecule has 0 atom stereocenters. The molecule has 6 nitrogen and oxygen atoms in total. The maximum Gasteiger partial charge on any atom is 0.345 e. The zero-order valence-corrected chi connectivity index (χ0v) is 9.44. The molecule has 1 aromatic rings. The molecule has 0 spiro atoms. The van der Waals surface area contributed by atoms with Crippen LogP contribution in [0.3, 0.4) is 0 Å². The first-order valence-corrected chi connectivity index (χ1v) is 5.12. The van der Waals surface area contributed by atoms with Gasteiger partial charge in [-0.3, -0.25) is 4.79 Å². The number of carbonyl (C=O) groups is 3. The van der Waals surface area contributed by atoms with Crippen LogP contribution < -0.4 is 0 Å². The molecule has 0 aliphatic heterocycles. The Balaban J connectivity index is 0.000000302. The Kier molecular flexibility index (Phi) is 6.27. The molecule has 1 aromatic heterocycles. The van der Waals surface area contributed by atoms with Gasteiger partial charge in [-0.15, -0.1) is 11.3 Å². The predicted octanol–water partition coefficient (Wildman–Crippen LogP) is 1.55. The van der Waals surface area contributed by atoms with Crippen molar-refractivity contribution in [2.45, 2.75) is 6.42 Å². The summed E-state index contributed by atoms with van der Waals surface area (Å²) >= 11 is 1.23. The normalized spacial score (nSPS) is 8.71. The lowest BCUT2D eigenvalue weighted by molar-refractivity contribution is -0.139. The van der Waals surface area contributed by atoms with Crippen LogP contribution in [0.2, 0.25) is 0 Å². The summed E-state index contributed by atoms with van der Waals surface area (Å²) in [6.07, 6.45) is -0.505. The molecule has 92 valence electrons. The maximum atomic E-state index is 10.1. The van der Waals surface area contributed by atoms with E-state index in [1.807, 2.05) is 0 Å². The number of hydrogen-bond donors (Lipinski definition) is 3. The molecule has 17 heavy (non-hydrogen) atoms. The molecule has 0 saturated carbocycles. The minimum Gasteiger partial charge on any atom is -0.481 e. The molecular weight excluding hydrogens is 248 g/mol. The molecule has 0 saturated heterocycles. The second-order valence-corrected chi connectivity index (χ2v) is 3.71. The standard InChI is InChI=1S/C5H6O4.C5H4O2S/c1-3(5(8)9)2-4(6)7;6-5(7)4-2-1-3-8-4/h1-2H2,(H,6,7)(H,8,9);1-3H,(H,6,7). The van der Waals surface area contributed by atoms with Gasteiger partial charge in [0.2, 0.25) is 0 Å². The van der Waals surface area contributed by atoms with Crippen molar-refractivity contribution >= 4 is 29.2 Å². The van der Waals surface area contributed by atoms with E-state index in [0.717, 1.165) is 0 Å². The number of aliphatic carboxylic acids is 2. The van der Waals surface area contributed by atoms with Crippen LogP contribution in [-0.4, -0.2) is 33.2 Å². The highest BCUT2D eigenvalue weighted by atomic mass is 32.1. The maximum absolute atomic E-state index is 10.1. The van der Waals surface area contributed by atoms with Crippen molar-refractivity contribution in [3.63, 3.8) is 0 Å². The van der Waals surface area contributed by atoms with E-state index < -0.39 is 24.3 Å². The third-order valence-electron chi connectivity index (χ3n) is 1.40. The Labute approximate surface area is 100 Å². The van der Waals surface area contributed by atoms with E-state index >= 15 is 0 Å². The third-order valence-corrected chi connectivity index (χ3v) is 2.26. The first-order valence-electron chi connectivity index (χ1n) is 4.24. The summed E-state index contributed by atoms with van der Waals surface area (Å²) in [5.41, 5.74) is -0.303. The summed E-state index contributed by atoms with van der Waals surface area (Å²) < 4.78 is 0. The van der Waals surface area contributed by atoms with Crippen molar-refractivity contribution in [1.29, 1.82) is 0 Å². The first-order chi connectivity index (χ1) is 7.84. The fourth-order valence-corrected chi connectivity index (χ4v) is 1.22. The van der Waals surface area contributed by atoms with Crippen LogP contribution in [0.15, 0.2) is 29.7 Å². The Morgan fingerprint density at radius 2 is 1.82 bits per heavy atom. The van der Waals surface area contributed by atoms with Crippen LogP contribution in [0.5, 0.6) is 0 Å².